The van der Waals surface area contributed by atoms with Gasteiger partial charge in [0.1, 0.15) is 0 Å². The average Bonchev–Trinajstić information content (AvgIpc) is 2.36. The maximum atomic E-state index is 12.0. The molecule has 100 valence electrons. The third-order valence-electron chi connectivity index (χ3n) is 3.04. The van der Waals surface area contributed by atoms with Gasteiger partial charge in [-0.15, -0.1) is 0 Å². The normalized spacial score (nSPS) is 14.0. The van der Waals surface area contributed by atoms with Crippen molar-refractivity contribution in [2.75, 3.05) is 13.6 Å². The van der Waals surface area contributed by atoms with Gasteiger partial charge in [0.05, 0.1) is 12.0 Å². The van der Waals surface area contributed by atoms with E-state index in [2.05, 4.69) is 10.6 Å². The molecule has 0 aliphatic carbocycles. The molecular formula is C14H21ClN2O. The molecule has 18 heavy (non-hydrogen) atoms. The summed E-state index contributed by atoms with van der Waals surface area (Å²) in [4.78, 5) is 12.0. The van der Waals surface area contributed by atoms with Crippen LogP contribution in [-0.2, 0) is 4.79 Å². The maximum absolute atomic E-state index is 12.0. The highest BCUT2D eigenvalue weighted by Gasteiger charge is 2.17. The lowest BCUT2D eigenvalue weighted by Crippen LogP contribution is -2.37. The van der Waals surface area contributed by atoms with Gasteiger partial charge in [0, 0.05) is 11.6 Å². The number of rotatable bonds is 6. The highest BCUT2D eigenvalue weighted by atomic mass is 35.5. The van der Waals surface area contributed by atoms with Crippen LogP contribution in [-0.4, -0.2) is 19.5 Å². The third kappa shape index (κ3) is 4.31. The smallest absolute Gasteiger partial charge is 0.224 e. The molecule has 2 N–H and O–H groups in total. The van der Waals surface area contributed by atoms with E-state index in [1.54, 1.807) is 0 Å². The fourth-order valence-corrected chi connectivity index (χ4v) is 1.96. The van der Waals surface area contributed by atoms with E-state index in [0.717, 1.165) is 12.0 Å². The first kappa shape index (κ1) is 15.0. The van der Waals surface area contributed by atoms with Gasteiger partial charge in [-0.2, -0.15) is 0 Å². The maximum Gasteiger partial charge on any atom is 0.224 e. The van der Waals surface area contributed by atoms with E-state index >= 15 is 0 Å². The molecule has 0 bridgehead atoms. The summed E-state index contributed by atoms with van der Waals surface area (Å²) < 4.78 is 0. The summed E-state index contributed by atoms with van der Waals surface area (Å²) in [6.45, 7) is 4.71. The summed E-state index contributed by atoms with van der Waals surface area (Å²) in [7, 11) is 1.86. The van der Waals surface area contributed by atoms with Crippen molar-refractivity contribution in [3.8, 4) is 0 Å². The molecule has 1 rings (SSSR count). The average molecular weight is 269 g/mol. The minimum absolute atomic E-state index is 0.000623. The molecule has 1 aromatic rings. The zero-order valence-corrected chi connectivity index (χ0v) is 11.9. The molecule has 2 unspecified atom stereocenters. The minimum Gasteiger partial charge on any atom is -0.349 e. The monoisotopic (exact) mass is 268 g/mol. The van der Waals surface area contributed by atoms with Crippen molar-refractivity contribution >= 4 is 17.5 Å². The predicted molar refractivity (Wildman–Crippen MR) is 75.7 cm³/mol. The Morgan fingerprint density at radius 3 is 2.44 bits per heavy atom. The lowest BCUT2D eigenvalue weighted by molar-refractivity contribution is -0.125. The number of nitrogens with one attached hydrogen (secondary N) is 2. The van der Waals surface area contributed by atoms with Gasteiger partial charge < -0.3 is 10.6 Å². The SMILES string of the molecule is CCC(CNC)C(=O)NC(C)c1ccc(Cl)cc1. The summed E-state index contributed by atoms with van der Waals surface area (Å²) in [6, 6.07) is 7.55. The van der Waals surface area contributed by atoms with Crippen LogP contribution in [0.4, 0.5) is 0 Å². The van der Waals surface area contributed by atoms with E-state index in [4.69, 9.17) is 11.6 Å². The van der Waals surface area contributed by atoms with E-state index in [9.17, 15) is 4.79 Å². The molecule has 0 heterocycles. The van der Waals surface area contributed by atoms with Crippen molar-refractivity contribution in [2.24, 2.45) is 5.92 Å². The lowest BCUT2D eigenvalue weighted by atomic mass is 10.0. The Kier molecular flexibility index (Phi) is 6.16. The summed E-state index contributed by atoms with van der Waals surface area (Å²) >= 11 is 5.84. The third-order valence-corrected chi connectivity index (χ3v) is 3.29. The van der Waals surface area contributed by atoms with Crippen LogP contribution in [0.25, 0.3) is 0 Å². The summed E-state index contributed by atoms with van der Waals surface area (Å²) in [5, 5.41) is 6.78. The Bertz CT molecular complexity index is 378. The number of carbonyl (C=O) groups is 1. The zero-order chi connectivity index (χ0) is 13.5. The Morgan fingerprint density at radius 1 is 1.33 bits per heavy atom. The minimum atomic E-state index is 0.000623. The quantitative estimate of drug-likeness (QED) is 0.833. The summed E-state index contributed by atoms with van der Waals surface area (Å²) in [5.74, 6) is 0.110. The van der Waals surface area contributed by atoms with Crippen LogP contribution in [0.15, 0.2) is 24.3 Å². The molecule has 1 amide bonds. The second kappa shape index (κ2) is 7.39. The molecular weight excluding hydrogens is 248 g/mol. The van der Waals surface area contributed by atoms with Crippen molar-refractivity contribution < 1.29 is 4.79 Å². The van der Waals surface area contributed by atoms with Gasteiger partial charge in [0.15, 0.2) is 0 Å². The second-order valence-electron chi connectivity index (χ2n) is 4.44. The van der Waals surface area contributed by atoms with Crippen LogP contribution in [0.5, 0.6) is 0 Å². The van der Waals surface area contributed by atoms with Gasteiger partial charge in [-0.3, -0.25) is 4.79 Å². The molecule has 0 saturated carbocycles. The number of carbonyl (C=O) groups excluding carboxylic acids is 1. The Balaban J connectivity index is 2.60. The first-order valence-corrected chi connectivity index (χ1v) is 6.66. The molecule has 0 spiro atoms. The lowest BCUT2D eigenvalue weighted by Gasteiger charge is -2.19. The molecule has 0 aromatic heterocycles. The fourth-order valence-electron chi connectivity index (χ4n) is 1.83. The highest BCUT2D eigenvalue weighted by Crippen LogP contribution is 2.16. The van der Waals surface area contributed by atoms with Crippen molar-refractivity contribution in [2.45, 2.75) is 26.3 Å². The van der Waals surface area contributed by atoms with Gasteiger partial charge in [0.2, 0.25) is 5.91 Å². The predicted octanol–water partition coefficient (Wildman–Crippen LogP) is 2.76. The number of halogens is 1. The highest BCUT2D eigenvalue weighted by molar-refractivity contribution is 6.30. The standard InChI is InChI=1S/C14H21ClN2O/c1-4-11(9-16-3)14(18)17-10(2)12-5-7-13(15)8-6-12/h5-8,10-11,16H,4,9H2,1-3H3,(H,17,18). The van der Waals surface area contributed by atoms with Gasteiger partial charge in [-0.05, 0) is 38.1 Å². The van der Waals surface area contributed by atoms with Crippen LogP contribution >= 0.6 is 11.6 Å². The van der Waals surface area contributed by atoms with Crippen molar-refractivity contribution in [3.63, 3.8) is 0 Å². The Hall–Kier alpha value is -1.06. The molecule has 0 fully saturated rings. The molecule has 0 radical (unpaired) electrons. The van der Waals surface area contributed by atoms with E-state index in [-0.39, 0.29) is 17.9 Å². The van der Waals surface area contributed by atoms with E-state index in [1.807, 2.05) is 45.2 Å². The summed E-state index contributed by atoms with van der Waals surface area (Å²) in [5.41, 5.74) is 1.06. The number of benzene rings is 1. The van der Waals surface area contributed by atoms with Gasteiger partial charge in [0.25, 0.3) is 0 Å². The number of hydrogen-bond acceptors (Lipinski definition) is 2. The Morgan fingerprint density at radius 2 is 1.94 bits per heavy atom. The molecule has 3 nitrogen and oxygen atoms in total. The zero-order valence-electron chi connectivity index (χ0n) is 11.2. The van der Waals surface area contributed by atoms with Crippen LogP contribution < -0.4 is 10.6 Å². The van der Waals surface area contributed by atoms with Crippen LogP contribution in [0, 0.1) is 5.92 Å². The number of amides is 1. The molecule has 0 aliphatic heterocycles. The van der Waals surface area contributed by atoms with Gasteiger partial charge in [-0.25, -0.2) is 0 Å². The first-order valence-electron chi connectivity index (χ1n) is 6.29. The second-order valence-corrected chi connectivity index (χ2v) is 4.88. The largest absolute Gasteiger partial charge is 0.349 e. The fraction of sp³-hybridized carbons (Fsp3) is 0.500. The van der Waals surface area contributed by atoms with Gasteiger partial charge >= 0.3 is 0 Å². The van der Waals surface area contributed by atoms with Gasteiger partial charge in [-0.1, -0.05) is 30.7 Å². The topological polar surface area (TPSA) is 41.1 Å². The van der Waals surface area contributed by atoms with E-state index < -0.39 is 0 Å². The molecule has 1 aromatic carbocycles. The van der Waals surface area contributed by atoms with Crippen LogP contribution in [0.3, 0.4) is 0 Å². The first-order chi connectivity index (χ1) is 8.58. The summed E-state index contributed by atoms with van der Waals surface area (Å²) in [6.07, 6.45) is 0.833. The van der Waals surface area contributed by atoms with Crippen LogP contribution in [0.1, 0.15) is 31.9 Å². The van der Waals surface area contributed by atoms with Crippen LogP contribution in [0.2, 0.25) is 5.02 Å². The van der Waals surface area contributed by atoms with E-state index in [1.165, 1.54) is 0 Å². The molecule has 4 heteroatoms. The molecule has 2 atom stereocenters. The van der Waals surface area contributed by atoms with Crippen molar-refractivity contribution in [1.29, 1.82) is 0 Å². The molecule has 0 aliphatic rings. The van der Waals surface area contributed by atoms with Crippen molar-refractivity contribution in [1.82, 2.24) is 10.6 Å². The molecule has 0 saturated heterocycles. The Labute approximate surface area is 114 Å². The number of hydrogen-bond donors (Lipinski definition) is 2. The van der Waals surface area contributed by atoms with E-state index in [0.29, 0.717) is 11.6 Å². The van der Waals surface area contributed by atoms with Crippen molar-refractivity contribution in [3.05, 3.63) is 34.9 Å².